The smallest absolute Gasteiger partial charge is 0.329 e. The van der Waals surface area contributed by atoms with E-state index in [-0.39, 0.29) is 18.1 Å². The third-order valence-corrected chi connectivity index (χ3v) is 2.80. The zero-order valence-corrected chi connectivity index (χ0v) is 10.6. The third-order valence-electron chi connectivity index (χ3n) is 2.80. The highest BCUT2D eigenvalue weighted by molar-refractivity contribution is 5.75. The van der Waals surface area contributed by atoms with E-state index in [0.717, 1.165) is 0 Å². The quantitative estimate of drug-likeness (QED) is 0.691. The molecule has 17 heavy (non-hydrogen) atoms. The first kappa shape index (κ1) is 13.9. The third kappa shape index (κ3) is 4.32. The number of carbonyl (C=O) groups excluding carboxylic acids is 1. The number of carboxylic acids is 1. The molecule has 6 nitrogen and oxygen atoms in total. The van der Waals surface area contributed by atoms with Gasteiger partial charge in [-0.25, -0.2) is 4.79 Å². The van der Waals surface area contributed by atoms with Crippen LogP contribution in [0.3, 0.4) is 0 Å². The van der Waals surface area contributed by atoms with Crippen LogP contribution in [-0.2, 0) is 14.3 Å². The minimum absolute atomic E-state index is 0.102. The number of amides is 1. The van der Waals surface area contributed by atoms with E-state index < -0.39 is 5.97 Å². The van der Waals surface area contributed by atoms with Crippen LogP contribution in [0.2, 0.25) is 0 Å². The van der Waals surface area contributed by atoms with Crippen molar-refractivity contribution in [3.63, 3.8) is 0 Å². The fourth-order valence-corrected chi connectivity index (χ4v) is 1.86. The first-order chi connectivity index (χ1) is 7.82. The van der Waals surface area contributed by atoms with Gasteiger partial charge in [0.05, 0.1) is 5.60 Å². The first-order valence-electron chi connectivity index (χ1n) is 5.61. The van der Waals surface area contributed by atoms with Gasteiger partial charge < -0.3 is 14.7 Å². The fourth-order valence-electron chi connectivity index (χ4n) is 1.86. The van der Waals surface area contributed by atoms with Crippen LogP contribution in [0.1, 0.15) is 13.3 Å². The zero-order valence-electron chi connectivity index (χ0n) is 10.6. The predicted octanol–water partition coefficient (Wildman–Crippen LogP) is -0.360. The second-order valence-electron chi connectivity index (χ2n) is 4.88. The summed E-state index contributed by atoms with van der Waals surface area (Å²) in [5.74, 6) is -0.850. The number of nitrogens with zero attached hydrogens (tertiary/aromatic N) is 2. The number of likely N-dealkylation sites (tertiary alicyclic amines) is 1. The number of carboxylic acid groups (broad SMARTS) is 1. The van der Waals surface area contributed by atoms with E-state index in [0.29, 0.717) is 26.1 Å². The maximum Gasteiger partial charge on any atom is 0.329 e. The van der Waals surface area contributed by atoms with E-state index in [1.54, 1.807) is 19.0 Å². The number of hydrogen-bond acceptors (Lipinski definition) is 4. The maximum absolute atomic E-state index is 11.4. The highest BCUT2D eigenvalue weighted by Gasteiger charge is 2.39. The van der Waals surface area contributed by atoms with Crippen molar-refractivity contribution in [3.05, 3.63) is 0 Å². The number of carbonyl (C=O) groups is 2. The van der Waals surface area contributed by atoms with Gasteiger partial charge in [-0.15, -0.1) is 0 Å². The Morgan fingerprint density at radius 2 is 2.00 bits per heavy atom. The summed E-state index contributed by atoms with van der Waals surface area (Å²) < 4.78 is 5.27. The monoisotopic (exact) mass is 244 g/mol. The van der Waals surface area contributed by atoms with Gasteiger partial charge in [-0.3, -0.25) is 9.69 Å². The van der Waals surface area contributed by atoms with Crippen LogP contribution >= 0.6 is 0 Å². The molecule has 1 aliphatic heterocycles. The molecule has 98 valence electrons. The second kappa shape index (κ2) is 5.46. The molecule has 0 bridgehead atoms. The van der Waals surface area contributed by atoms with Gasteiger partial charge in [0.1, 0.15) is 6.61 Å². The van der Waals surface area contributed by atoms with Crippen molar-refractivity contribution < 1.29 is 19.4 Å². The normalized spacial score (nSPS) is 18.5. The Morgan fingerprint density at radius 1 is 1.41 bits per heavy atom. The van der Waals surface area contributed by atoms with E-state index >= 15 is 0 Å². The van der Waals surface area contributed by atoms with Crippen molar-refractivity contribution in [2.45, 2.75) is 18.9 Å². The minimum atomic E-state index is -0.951. The molecule has 0 radical (unpaired) electrons. The Labute approximate surface area is 101 Å². The lowest BCUT2D eigenvalue weighted by Crippen LogP contribution is -2.62. The average Bonchev–Trinajstić information content (AvgIpc) is 2.19. The molecule has 0 atom stereocenters. The van der Waals surface area contributed by atoms with Gasteiger partial charge in [-0.05, 0) is 6.92 Å². The molecule has 0 spiro atoms. The largest absolute Gasteiger partial charge is 0.480 e. The molecule has 1 fully saturated rings. The summed E-state index contributed by atoms with van der Waals surface area (Å²) in [6.07, 6.45) is 0.488. The van der Waals surface area contributed by atoms with Crippen LogP contribution < -0.4 is 0 Å². The Bertz CT molecular complexity index is 298. The summed E-state index contributed by atoms with van der Waals surface area (Å²) in [6.45, 7) is 3.69. The van der Waals surface area contributed by atoms with Gasteiger partial charge in [-0.2, -0.15) is 0 Å². The average molecular weight is 244 g/mol. The van der Waals surface area contributed by atoms with Crippen molar-refractivity contribution in [2.24, 2.45) is 0 Å². The maximum atomic E-state index is 11.4. The Kier molecular flexibility index (Phi) is 4.47. The summed E-state index contributed by atoms with van der Waals surface area (Å²) in [4.78, 5) is 25.4. The molecule has 1 amide bonds. The van der Waals surface area contributed by atoms with Crippen LogP contribution in [0.25, 0.3) is 0 Å². The molecule has 0 unspecified atom stereocenters. The summed E-state index contributed by atoms with van der Waals surface area (Å²) in [6, 6.07) is 0. The molecule has 1 heterocycles. The van der Waals surface area contributed by atoms with Crippen LogP contribution in [0.15, 0.2) is 0 Å². The Morgan fingerprint density at radius 3 is 2.47 bits per heavy atom. The van der Waals surface area contributed by atoms with Crippen LogP contribution in [-0.4, -0.2) is 72.7 Å². The van der Waals surface area contributed by atoms with Gasteiger partial charge in [0.15, 0.2) is 0 Å². The Balaban J connectivity index is 2.18. The van der Waals surface area contributed by atoms with Gasteiger partial charge in [0.2, 0.25) is 5.91 Å². The van der Waals surface area contributed by atoms with Gasteiger partial charge >= 0.3 is 5.97 Å². The number of aliphatic carboxylic acids is 1. The first-order valence-corrected chi connectivity index (χ1v) is 5.61. The van der Waals surface area contributed by atoms with Crippen LogP contribution in [0.4, 0.5) is 0 Å². The molecule has 0 aromatic rings. The van der Waals surface area contributed by atoms with Crippen LogP contribution in [0, 0.1) is 0 Å². The molecule has 1 N–H and O–H groups in total. The summed E-state index contributed by atoms with van der Waals surface area (Å²) >= 11 is 0. The minimum Gasteiger partial charge on any atom is -0.480 e. The van der Waals surface area contributed by atoms with E-state index in [4.69, 9.17) is 9.84 Å². The zero-order chi connectivity index (χ0) is 13.1. The summed E-state index contributed by atoms with van der Waals surface area (Å²) in [5, 5.41) is 8.51. The molecule has 1 rings (SSSR count). The van der Waals surface area contributed by atoms with Gasteiger partial charge in [-0.1, -0.05) is 0 Å². The molecule has 0 aromatic heterocycles. The molecule has 0 saturated carbocycles. The van der Waals surface area contributed by atoms with Gasteiger partial charge in [0, 0.05) is 40.2 Å². The SMILES string of the molecule is CN(C)C(=O)CCN1CC(C)(OCC(=O)O)C1. The number of hydrogen-bond donors (Lipinski definition) is 1. The van der Waals surface area contributed by atoms with Gasteiger partial charge in [0.25, 0.3) is 0 Å². The van der Waals surface area contributed by atoms with E-state index in [2.05, 4.69) is 4.90 Å². The van der Waals surface area contributed by atoms with E-state index in [1.165, 1.54) is 0 Å². The topological polar surface area (TPSA) is 70.1 Å². The standard InChI is InChI=1S/C11H20N2O4/c1-11(17-6-10(15)16)7-13(8-11)5-4-9(14)12(2)3/h4-8H2,1-3H3,(H,15,16). The fraction of sp³-hybridized carbons (Fsp3) is 0.818. The van der Waals surface area contributed by atoms with E-state index in [1.807, 2.05) is 6.92 Å². The second-order valence-corrected chi connectivity index (χ2v) is 4.88. The van der Waals surface area contributed by atoms with Crippen molar-refractivity contribution in [3.8, 4) is 0 Å². The molecule has 0 aliphatic carbocycles. The molecule has 1 aliphatic rings. The number of ether oxygens (including phenoxy) is 1. The van der Waals surface area contributed by atoms with Crippen molar-refractivity contribution >= 4 is 11.9 Å². The molecular formula is C11H20N2O4. The van der Waals surface area contributed by atoms with Crippen molar-refractivity contribution in [2.75, 3.05) is 40.3 Å². The highest BCUT2D eigenvalue weighted by atomic mass is 16.5. The summed E-state index contributed by atoms with van der Waals surface area (Å²) in [5.41, 5.74) is -0.375. The molecular weight excluding hydrogens is 224 g/mol. The Hall–Kier alpha value is -1.14. The molecule has 0 aromatic carbocycles. The number of rotatable bonds is 6. The van der Waals surface area contributed by atoms with Crippen molar-refractivity contribution in [1.29, 1.82) is 0 Å². The molecule has 1 saturated heterocycles. The lowest BCUT2D eigenvalue weighted by atomic mass is 9.96. The highest BCUT2D eigenvalue weighted by Crippen LogP contribution is 2.24. The van der Waals surface area contributed by atoms with Crippen LogP contribution in [0.5, 0.6) is 0 Å². The molecule has 6 heteroatoms. The predicted molar refractivity (Wildman–Crippen MR) is 61.7 cm³/mol. The van der Waals surface area contributed by atoms with E-state index in [9.17, 15) is 9.59 Å². The summed E-state index contributed by atoms with van der Waals surface area (Å²) in [7, 11) is 3.47. The lowest BCUT2D eigenvalue weighted by molar-refractivity contribution is -0.165. The van der Waals surface area contributed by atoms with Crippen molar-refractivity contribution in [1.82, 2.24) is 9.80 Å². The lowest BCUT2D eigenvalue weighted by Gasteiger charge is -2.47.